The van der Waals surface area contributed by atoms with Crippen molar-refractivity contribution in [1.29, 1.82) is 0 Å². The quantitative estimate of drug-likeness (QED) is 0.775. The number of hydrogen-bond donors (Lipinski definition) is 2. The predicted molar refractivity (Wildman–Crippen MR) is 111 cm³/mol. The van der Waals surface area contributed by atoms with Gasteiger partial charge >= 0.3 is 0 Å². The number of hydrogen-bond acceptors (Lipinski definition) is 4. The Bertz CT molecular complexity index is 639. The summed E-state index contributed by atoms with van der Waals surface area (Å²) in [5.74, 6) is 0.783. The van der Waals surface area contributed by atoms with Crippen molar-refractivity contribution in [2.24, 2.45) is 0 Å². The van der Waals surface area contributed by atoms with Crippen molar-refractivity contribution < 1.29 is 14.6 Å². The smallest absolute Gasteiger partial charge is 0.122 e. The topological polar surface area (TPSA) is 50.7 Å². The summed E-state index contributed by atoms with van der Waals surface area (Å²) in [6, 6.07) is 17.5. The fourth-order valence-corrected chi connectivity index (χ4v) is 3.14. The molecular weight excluding hydrogens is 397 g/mol. The molecule has 2 aromatic rings. The number of ether oxygens (including phenoxy) is 2. The van der Waals surface area contributed by atoms with E-state index in [9.17, 15) is 5.11 Å². The highest BCUT2D eigenvalue weighted by atomic mass is 35.5. The van der Waals surface area contributed by atoms with Crippen molar-refractivity contribution in [3.63, 3.8) is 0 Å². The van der Waals surface area contributed by atoms with Crippen LogP contribution in [0.3, 0.4) is 0 Å². The lowest BCUT2D eigenvalue weighted by Gasteiger charge is -2.39. The van der Waals surface area contributed by atoms with Crippen LogP contribution in [-0.4, -0.2) is 38.0 Å². The van der Waals surface area contributed by atoms with Gasteiger partial charge in [0.1, 0.15) is 17.5 Å². The lowest BCUT2D eigenvalue weighted by atomic mass is 9.81. The minimum atomic E-state index is -1.11. The van der Waals surface area contributed by atoms with Gasteiger partial charge in [-0.05, 0) is 17.2 Å². The van der Waals surface area contributed by atoms with Gasteiger partial charge in [-0.25, -0.2) is 0 Å². The van der Waals surface area contributed by atoms with Crippen molar-refractivity contribution >= 4 is 37.2 Å². The third-order valence-electron chi connectivity index (χ3n) is 4.39. The van der Waals surface area contributed by atoms with Crippen LogP contribution < -0.4 is 10.1 Å². The monoisotopic (exact) mass is 421 g/mol. The molecule has 0 saturated carbocycles. The molecule has 4 nitrogen and oxygen atoms in total. The maximum Gasteiger partial charge on any atom is 0.122 e. The van der Waals surface area contributed by atoms with Crippen LogP contribution in [0.15, 0.2) is 54.6 Å². The van der Waals surface area contributed by atoms with Gasteiger partial charge in [0.2, 0.25) is 0 Å². The van der Waals surface area contributed by atoms with Crippen molar-refractivity contribution in [3.8, 4) is 5.75 Å². The van der Waals surface area contributed by atoms with E-state index in [1.165, 1.54) is 0 Å². The third-order valence-corrected chi connectivity index (χ3v) is 4.39. The lowest BCUT2D eigenvalue weighted by Crippen LogP contribution is -2.52. The van der Waals surface area contributed by atoms with E-state index < -0.39 is 5.60 Å². The first-order valence-electron chi connectivity index (χ1n) is 7.96. The van der Waals surface area contributed by atoms with Crippen molar-refractivity contribution in [2.75, 3.05) is 26.8 Å². The normalized spacial score (nSPS) is 18.3. The Labute approximate surface area is 173 Å². The molecule has 0 radical (unpaired) electrons. The van der Waals surface area contributed by atoms with E-state index in [4.69, 9.17) is 9.47 Å². The van der Waals surface area contributed by atoms with Crippen LogP contribution in [0.2, 0.25) is 0 Å². The van der Waals surface area contributed by atoms with Crippen LogP contribution >= 0.6 is 37.2 Å². The van der Waals surface area contributed by atoms with E-state index in [1.54, 1.807) is 7.11 Å². The van der Waals surface area contributed by atoms with E-state index in [0.29, 0.717) is 19.6 Å². The van der Waals surface area contributed by atoms with E-state index in [-0.39, 0.29) is 43.3 Å². The molecule has 1 heterocycles. The van der Waals surface area contributed by atoms with Gasteiger partial charge in [0.15, 0.2) is 0 Å². The number of aliphatic hydroxyl groups is 1. The molecule has 26 heavy (non-hydrogen) atoms. The zero-order valence-corrected chi connectivity index (χ0v) is 17.0. The van der Waals surface area contributed by atoms with Crippen LogP contribution in [0.5, 0.6) is 5.75 Å². The summed E-state index contributed by atoms with van der Waals surface area (Å²) in [6.07, 6.45) is 0.136. The number of rotatable bonds is 5. The molecule has 0 aliphatic carbocycles. The Hall–Kier alpha value is -1.01. The van der Waals surface area contributed by atoms with E-state index in [2.05, 4.69) is 5.32 Å². The largest absolute Gasteiger partial charge is 0.496 e. The average Bonchev–Trinajstić information content (AvgIpc) is 2.63. The zero-order valence-electron chi connectivity index (χ0n) is 14.6. The van der Waals surface area contributed by atoms with Gasteiger partial charge in [0.25, 0.3) is 0 Å². The summed E-state index contributed by atoms with van der Waals surface area (Å²) in [6.45, 7) is 2.04. The molecule has 2 N–H and O–H groups in total. The highest BCUT2D eigenvalue weighted by Gasteiger charge is 2.40. The van der Waals surface area contributed by atoms with Gasteiger partial charge in [-0.1, -0.05) is 48.5 Å². The fourth-order valence-electron chi connectivity index (χ4n) is 3.14. The molecule has 0 bridgehead atoms. The number of halogens is 3. The minimum absolute atomic E-state index is 0. The van der Waals surface area contributed by atoms with Gasteiger partial charge in [-0.15, -0.1) is 37.2 Å². The van der Waals surface area contributed by atoms with Crippen molar-refractivity contribution in [1.82, 2.24) is 5.32 Å². The van der Waals surface area contributed by atoms with E-state index >= 15 is 0 Å². The molecular formula is C19H26Cl3NO3. The predicted octanol–water partition coefficient (Wildman–Crippen LogP) is 3.38. The molecule has 0 spiro atoms. The first-order valence-corrected chi connectivity index (χ1v) is 7.96. The number of morpholine rings is 1. The second kappa shape index (κ2) is 11.7. The number of nitrogens with one attached hydrogen (secondary N) is 1. The molecule has 1 saturated heterocycles. The summed E-state index contributed by atoms with van der Waals surface area (Å²) in [7, 11) is 1.65. The summed E-state index contributed by atoms with van der Waals surface area (Å²) < 4.78 is 11.3. The Morgan fingerprint density at radius 2 is 1.73 bits per heavy atom. The van der Waals surface area contributed by atoms with Gasteiger partial charge in [-0.3, -0.25) is 0 Å². The summed E-state index contributed by atoms with van der Waals surface area (Å²) in [4.78, 5) is 0. The molecule has 146 valence electrons. The van der Waals surface area contributed by atoms with Crippen molar-refractivity contribution in [2.45, 2.75) is 18.1 Å². The molecule has 0 aromatic heterocycles. The Morgan fingerprint density at radius 1 is 1.08 bits per heavy atom. The second-order valence-electron chi connectivity index (χ2n) is 5.84. The van der Waals surface area contributed by atoms with Gasteiger partial charge in [-0.2, -0.15) is 0 Å². The van der Waals surface area contributed by atoms with Crippen LogP contribution in [0.25, 0.3) is 0 Å². The SMILES string of the molecule is COc1ccccc1C[C@@](O)(c1ccccc1)[C@@H]1CNCCO1.Cl.Cl.Cl. The molecule has 1 aliphatic rings. The molecule has 2 atom stereocenters. The Balaban J connectivity index is 0.00000208. The van der Waals surface area contributed by atoms with Crippen LogP contribution in [0, 0.1) is 0 Å². The Kier molecular flexibility index (Phi) is 11.2. The number of para-hydroxylation sites is 1. The summed E-state index contributed by atoms with van der Waals surface area (Å²) in [5, 5.41) is 14.9. The third kappa shape index (κ3) is 5.49. The molecule has 0 unspecified atom stereocenters. The molecule has 1 fully saturated rings. The molecule has 2 aromatic carbocycles. The summed E-state index contributed by atoms with van der Waals surface area (Å²) >= 11 is 0. The molecule has 7 heteroatoms. The van der Waals surface area contributed by atoms with Gasteiger partial charge < -0.3 is 19.9 Å². The maximum absolute atomic E-state index is 11.6. The number of benzene rings is 2. The minimum Gasteiger partial charge on any atom is -0.496 e. The standard InChI is InChI=1S/C19H23NO3.3ClH/c1-22-17-10-6-5-7-15(17)13-19(21,16-8-3-2-4-9-16)18-14-20-11-12-23-18;;;/h2-10,18,20-21H,11-14H2,1H3;3*1H/t18-,19+;;;/m0.../s1. The molecule has 3 rings (SSSR count). The van der Waals surface area contributed by atoms with E-state index in [0.717, 1.165) is 23.4 Å². The molecule has 0 amide bonds. The van der Waals surface area contributed by atoms with Crippen LogP contribution in [0.1, 0.15) is 11.1 Å². The zero-order chi connectivity index (χ0) is 16.1. The lowest BCUT2D eigenvalue weighted by molar-refractivity contribution is -0.124. The highest BCUT2D eigenvalue weighted by Crippen LogP contribution is 2.34. The van der Waals surface area contributed by atoms with Crippen LogP contribution in [-0.2, 0) is 16.8 Å². The first-order chi connectivity index (χ1) is 11.2. The molecule has 1 aliphatic heterocycles. The fraction of sp³-hybridized carbons (Fsp3) is 0.368. The van der Waals surface area contributed by atoms with Gasteiger partial charge in [0, 0.05) is 19.5 Å². The number of methoxy groups -OCH3 is 1. The maximum atomic E-state index is 11.6. The van der Waals surface area contributed by atoms with Gasteiger partial charge in [0.05, 0.1) is 13.7 Å². The Morgan fingerprint density at radius 3 is 2.35 bits per heavy atom. The van der Waals surface area contributed by atoms with E-state index in [1.807, 2.05) is 54.6 Å². The van der Waals surface area contributed by atoms with Crippen molar-refractivity contribution in [3.05, 3.63) is 65.7 Å². The first kappa shape index (κ1) is 25.0. The van der Waals surface area contributed by atoms with Crippen LogP contribution in [0.4, 0.5) is 0 Å². The average molecular weight is 423 g/mol. The second-order valence-corrected chi connectivity index (χ2v) is 5.84. The summed E-state index contributed by atoms with van der Waals surface area (Å²) in [5.41, 5.74) is 0.721. The highest BCUT2D eigenvalue weighted by molar-refractivity contribution is 5.86.